The first-order valence-corrected chi connectivity index (χ1v) is 5.03. The summed E-state index contributed by atoms with van der Waals surface area (Å²) in [6.45, 7) is 0.552. The maximum Gasteiger partial charge on any atom is 0.119 e. The molecule has 1 atom stereocenters. The fraction of sp³-hybridized carbons (Fsp3) is 0.455. The van der Waals surface area contributed by atoms with Crippen LogP contribution in [0, 0.1) is 0 Å². The van der Waals surface area contributed by atoms with Gasteiger partial charge in [0.25, 0.3) is 0 Å². The lowest BCUT2D eigenvalue weighted by atomic mass is 10.0. The van der Waals surface area contributed by atoms with Crippen molar-refractivity contribution >= 4 is 0 Å². The van der Waals surface area contributed by atoms with Crippen molar-refractivity contribution in [2.45, 2.75) is 18.8 Å². The zero-order valence-corrected chi connectivity index (χ0v) is 8.68. The lowest BCUT2D eigenvalue weighted by Gasteiger charge is -2.09. The van der Waals surface area contributed by atoms with Crippen LogP contribution >= 0.6 is 0 Å². The molecule has 4 nitrogen and oxygen atoms in total. The fourth-order valence-electron chi connectivity index (χ4n) is 2.12. The minimum atomic E-state index is 0.367. The third-order valence-electron chi connectivity index (χ3n) is 2.92. The number of aryl methyl sites for hydroxylation is 1. The molecule has 1 aromatic rings. The summed E-state index contributed by atoms with van der Waals surface area (Å²) in [5, 5.41) is 3.65. The minimum absolute atomic E-state index is 0.367. The smallest absolute Gasteiger partial charge is 0.119 e. The van der Waals surface area contributed by atoms with Crippen LogP contribution < -0.4 is 4.74 Å². The molecule has 15 heavy (non-hydrogen) atoms. The summed E-state index contributed by atoms with van der Waals surface area (Å²) < 4.78 is 5.19. The first kappa shape index (κ1) is 9.87. The number of azide groups is 1. The van der Waals surface area contributed by atoms with E-state index in [1.807, 2.05) is 6.07 Å². The lowest BCUT2D eigenvalue weighted by molar-refractivity contribution is 0.414. The molecule has 0 spiro atoms. The zero-order valence-electron chi connectivity index (χ0n) is 8.68. The van der Waals surface area contributed by atoms with Gasteiger partial charge in [-0.1, -0.05) is 11.2 Å². The molecular weight excluding hydrogens is 190 g/mol. The molecule has 1 unspecified atom stereocenters. The van der Waals surface area contributed by atoms with Crippen LogP contribution in [-0.2, 0) is 6.42 Å². The number of ether oxygens (including phenoxy) is 1. The molecule has 1 aliphatic rings. The standard InChI is InChI=1S/C11H13N3O/c1-15-10-5-4-8-2-3-9(7-13-14-12)11(8)6-10/h4-6,9H,2-3,7H2,1H3. The summed E-state index contributed by atoms with van der Waals surface area (Å²) in [7, 11) is 1.67. The third kappa shape index (κ3) is 1.90. The lowest BCUT2D eigenvalue weighted by Crippen LogP contribution is -1.97. The van der Waals surface area contributed by atoms with Gasteiger partial charge in [0, 0.05) is 11.5 Å². The molecule has 4 heteroatoms. The molecule has 0 aliphatic heterocycles. The molecule has 0 radical (unpaired) electrons. The molecule has 0 saturated heterocycles. The fourth-order valence-corrected chi connectivity index (χ4v) is 2.12. The molecular formula is C11H13N3O. The Labute approximate surface area is 88.5 Å². The Bertz CT molecular complexity index is 410. The van der Waals surface area contributed by atoms with E-state index in [1.165, 1.54) is 11.1 Å². The molecule has 0 aromatic heterocycles. The van der Waals surface area contributed by atoms with Crippen molar-refractivity contribution in [3.05, 3.63) is 39.8 Å². The Morgan fingerprint density at radius 2 is 2.47 bits per heavy atom. The van der Waals surface area contributed by atoms with E-state index >= 15 is 0 Å². The largest absolute Gasteiger partial charge is 0.497 e. The van der Waals surface area contributed by atoms with Gasteiger partial charge in [-0.3, -0.25) is 0 Å². The number of methoxy groups -OCH3 is 1. The van der Waals surface area contributed by atoms with Crippen molar-refractivity contribution in [1.29, 1.82) is 0 Å². The van der Waals surface area contributed by atoms with Crippen molar-refractivity contribution < 1.29 is 4.74 Å². The molecule has 78 valence electrons. The maximum atomic E-state index is 8.31. The van der Waals surface area contributed by atoms with Crippen molar-refractivity contribution in [2.24, 2.45) is 5.11 Å². The van der Waals surface area contributed by atoms with Crippen LogP contribution in [0.15, 0.2) is 23.3 Å². The van der Waals surface area contributed by atoms with E-state index in [0.29, 0.717) is 12.5 Å². The Kier molecular flexibility index (Phi) is 2.79. The molecule has 1 aliphatic carbocycles. The van der Waals surface area contributed by atoms with Gasteiger partial charge in [-0.25, -0.2) is 0 Å². The Morgan fingerprint density at radius 3 is 3.20 bits per heavy atom. The van der Waals surface area contributed by atoms with Crippen molar-refractivity contribution in [1.82, 2.24) is 0 Å². The van der Waals surface area contributed by atoms with E-state index in [-0.39, 0.29) is 0 Å². The predicted molar refractivity (Wildman–Crippen MR) is 58.1 cm³/mol. The van der Waals surface area contributed by atoms with E-state index in [2.05, 4.69) is 22.2 Å². The van der Waals surface area contributed by atoms with E-state index in [1.54, 1.807) is 7.11 Å². The SMILES string of the molecule is COc1ccc2c(c1)C(CN=[N+]=[N-])CC2. The van der Waals surface area contributed by atoms with Gasteiger partial charge in [-0.2, -0.15) is 0 Å². The first-order valence-electron chi connectivity index (χ1n) is 5.03. The second-order valence-corrected chi connectivity index (χ2v) is 3.71. The van der Waals surface area contributed by atoms with Gasteiger partial charge >= 0.3 is 0 Å². The average molecular weight is 203 g/mol. The van der Waals surface area contributed by atoms with E-state index in [9.17, 15) is 0 Å². The summed E-state index contributed by atoms with van der Waals surface area (Å²) in [6.07, 6.45) is 2.15. The maximum absolute atomic E-state index is 8.31. The van der Waals surface area contributed by atoms with Gasteiger partial charge in [0.15, 0.2) is 0 Å². The van der Waals surface area contributed by atoms with E-state index < -0.39 is 0 Å². The number of hydrogen-bond donors (Lipinski definition) is 0. The Hall–Kier alpha value is -1.67. The average Bonchev–Trinajstić information content (AvgIpc) is 2.68. The van der Waals surface area contributed by atoms with Crippen molar-refractivity contribution in [2.75, 3.05) is 13.7 Å². The number of nitrogens with zero attached hydrogens (tertiary/aromatic N) is 3. The number of benzene rings is 1. The van der Waals surface area contributed by atoms with Gasteiger partial charge in [0.05, 0.1) is 7.11 Å². The van der Waals surface area contributed by atoms with Gasteiger partial charge in [0.2, 0.25) is 0 Å². The van der Waals surface area contributed by atoms with Crippen LogP contribution in [-0.4, -0.2) is 13.7 Å². The number of rotatable bonds is 3. The summed E-state index contributed by atoms with van der Waals surface area (Å²) in [5.74, 6) is 1.24. The topological polar surface area (TPSA) is 58.0 Å². The van der Waals surface area contributed by atoms with Crippen molar-refractivity contribution in [3.8, 4) is 5.75 Å². The molecule has 0 N–H and O–H groups in total. The monoisotopic (exact) mass is 203 g/mol. The summed E-state index contributed by atoms with van der Waals surface area (Å²) in [5.41, 5.74) is 10.9. The highest BCUT2D eigenvalue weighted by Crippen LogP contribution is 2.35. The molecule has 0 saturated carbocycles. The zero-order chi connectivity index (χ0) is 10.7. The predicted octanol–water partition coefficient (Wildman–Crippen LogP) is 3.04. The highest BCUT2D eigenvalue weighted by Gasteiger charge is 2.21. The van der Waals surface area contributed by atoms with Gasteiger partial charge in [-0.15, -0.1) is 0 Å². The first-order chi connectivity index (χ1) is 7.35. The van der Waals surface area contributed by atoms with Crippen LogP contribution in [0.5, 0.6) is 5.75 Å². The van der Waals surface area contributed by atoms with E-state index in [4.69, 9.17) is 10.3 Å². The Morgan fingerprint density at radius 1 is 1.60 bits per heavy atom. The van der Waals surface area contributed by atoms with Crippen LogP contribution in [0.2, 0.25) is 0 Å². The van der Waals surface area contributed by atoms with Crippen molar-refractivity contribution in [3.63, 3.8) is 0 Å². The second kappa shape index (κ2) is 4.24. The molecule has 0 bridgehead atoms. The van der Waals surface area contributed by atoms with Crippen LogP contribution in [0.3, 0.4) is 0 Å². The third-order valence-corrected chi connectivity index (χ3v) is 2.92. The number of hydrogen-bond acceptors (Lipinski definition) is 2. The second-order valence-electron chi connectivity index (χ2n) is 3.71. The van der Waals surface area contributed by atoms with E-state index in [0.717, 1.165) is 18.6 Å². The summed E-state index contributed by atoms with van der Waals surface area (Å²) in [4.78, 5) is 2.81. The highest BCUT2D eigenvalue weighted by molar-refractivity contribution is 5.41. The van der Waals surface area contributed by atoms with Crippen LogP contribution in [0.1, 0.15) is 23.5 Å². The van der Waals surface area contributed by atoms with Crippen LogP contribution in [0.25, 0.3) is 10.4 Å². The van der Waals surface area contributed by atoms with Gasteiger partial charge in [0.1, 0.15) is 5.75 Å². The van der Waals surface area contributed by atoms with Gasteiger partial charge in [-0.05, 0) is 47.6 Å². The quantitative estimate of drug-likeness (QED) is 0.423. The highest BCUT2D eigenvalue weighted by atomic mass is 16.5. The Balaban J connectivity index is 2.27. The summed E-state index contributed by atoms with van der Waals surface area (Å²) >= 11 is 0. The number of fused-ring (bicyclic) bond motifs is 1. The van der Waals surface area contributed by atoms with Gasteiger partial charge < -0.3 is 4.74 Å². The molecule has 0 amide bonds. The molecule has 0 fully saturated rings. The summed E-state index contributed by atoms with van der Waals surface area (Å²) in [6, 6.07) is 6.14. The normalized spacial score (nSPS) is 18.1. The minimum Gasteiger partial charge on any atom is -0.497 e. The van der Waals surface area contributed by atoms with Crippen LogP contribution in [0.4, 0.5) is 0 Å². The molecule has 0 heterocycles. The molecule has 1 aromatic carbocycles. The molecule has 2 rings (SSSR count).